The van der Waals surface area contributed by atoms with Gasteiger partial charge in [0, 0.05) is 0 Å². The van der Waals surface area contributed by atoms with Crippen LogP contribution in [0.15, 0.2) is 0 Å². The molecule has 0 spiro atoms. The van der Waals surface area contributed by atoms with Crippen LogP contribution in [0, 0.1) is 22.7 Å². The second kappa shape index (κ2) is 2.97. The maximum absolute atomic E-state index is 10.8. The van der Waals surface area contributed by atoms with E-state index in [1.807, 2.05) is 0 Å². The first kappa shape index (κ1) is 10.9. The highest BCUT2D eigenvalue weighted by molar-refractivity contribution is 5.67. The van der Waals surface area contributed by atoms with Crippen molar-refractivity contribution in [2.45, 2.75) is 46.1 Å². The van der Waals surface area contributed by atoms with E-state index >= 15 is 0 Å². The molecule has 4 atom stereocenters. The monoisotopic (exact) mass is 212 g/mol. The molecule has 0 amide bonds. The van der Waals surface area contributed by atoms with Gasteiger partial charge in [-0.3, -0.25) is 4.79 Å². The molecule has 2 aliphatic carbocycles. The van der Waals surface area contributed by atoms with Crippen molar-refractivity contribution in [1.82, 2.24) is 0 Å². The molecule has 0 heterocycles. The number of aliphatic hydroxyl groups is 1. The van der Waals surface area contributed by atoms with Gasteiger partial charge in [-0.25, -0.2) is 0 Å². The van der Waals surface area contributed by atoms with Crippen LogP contribution in [0.1, 0.15) is 40.0 Å². The molecule has 3 heteroatoms. The van der Waals surface area contributed by atoms with Gasteiger partial charge in [-0.15, -0.1) is 0 Å². The first-order valence-electron chi connectivity index (χ1n) is 5.70. The van der Waals surface area contributed by atoms with Crippen LogP contribution in [-0.2, 0) is 4.79 Å². The van der Waals surface area contributed by atoms with Gasteiger partial charge in [-0.05, 0) is 35.5 Å². The van der Waals surface area contributed by atoms with Gasteiger partial charge in [0.15, 0.2) is 0 Å². The van der Waals surface area contributed by atoms with E-state index in [1.54, 1.807) is 0 Å². The van der Waals surface area contributed by atoms with Crippen LogP contribution in [0.2, 0.25) is 0 Å². The number of hydrogen-bond donors (Lipinski definition) is 2. The summed E-state index contributed by atoms with van der Waals surface area (Å²) >= 11 is 0. The van der Waals surface area contributed by atoms with Gasteiger partial charge in [0.1, 0.15) is 0 Å². The predicted molar refractivity (Wildman–Crippen MR) is 56.4 cm³/mol. The summed E-state index contributed by atoms with van der Waals surface area (Å²) in [5, 5.41) is 19.1. The van der Waals surface area contributed by atoms with E-state index in [-0.39, 0.29) is 23.2 Å². The third kappa shape index (κ3) is 1.19. The number of carboxylic acids is 1. The summed E-state index contributed by atoms with van der Waals surface area (Å²) in [5.74, 6) is -0.462. The van der Waals surface area contributed by atoms with Crippen molar-refractivity contribution in [2.24, 2.45) is 22.7 Å². The zero-order chi connectivity index (χ0) is 11.4. The fourth-order valence-corrected chi connectivity index (χ4v) is 3.99. The number of aliphatic carboxylic acids is 1. The molecule has 0 aromatic rings. The maximum Gasteiger partial charge on any atom is 0.303 e. The fourth-order valence-electron chi connectivity index (χ4n) is 3.99. The summed E-state index contributed by atoms with van der Waals surface area (Å²) in [6.07, 6.45) is 1.77. The molecule has 2 fully saturated rings. The number of aliphatic hydroxyl groups excluding tert-OH is 1. The third-order valence-electron chi connectivity index (χ3n) is 5.36. The Hall–Kier alpha value is -0.570. The van der Waals surface area contributed by atoms with Crippen LogP contribution >= 0.6 is 0 Å². The Labute approximate surface area is 90.5 Å². The van der Waals surface area contributed by atoms with Gasteiger partial charge >= 0.3 is 5.97 Å². The van der Waals surface area contributed by atoms with Crippen LogP contribution in [0.25, 0.3) is 0 Å². The summed E-state index contributed by atoms with van der Waals surface area (Å²) < 4.78 is 0. The van der Waals surface area contributed by atoms with Gasteiger partial charge in [0.05, 0.1) is 12.5 Å². The molecule has 0 saturated heterocycles. The molecule has 15 heavy (non-hydrogen) atoms. The Morgan fingerprint density at radius 2 is 2.00 bits per heavy atom. The summed E-state index contributed by atoms with van der Waals surface area (Å²) in [4.78, 5) is 10.8. The molecule has 2 aliphatic rings. The second-order valence-electron chi connectivity index (χ2n) is 5.99. The Balaban J connectivity index is 2.29. The topological polar surface area (TPSA) is 57.5 Å². The van der Waals surface area contributed by atoms with Crippen molar-refractivity contribution in [3.05, 3.63) is 0 Å². The molecule has 0 radical (unpaired) electrons. The Morgan fingerprint density at radius 1 is 1.40 bits per heavy atom. The van der Waals surface area contributed by atoms with Gasteiger partial charge in [0.2, 0.25) is 0 Å². The lowest BCUT2D eigenvalue weighted by Crippen LogP contribution is -2.38. The quantitative estimate of drug-likeness (QED) is 0.735. The highest BCUT2D eigenvalue weighted by atomic mass is 16.4. The van der Waals surface area contributed by atoms with E-state index in [2.05, 4.69) is 20.8 Å². The average Bonchev–Trinajstić information content (AvgIpc) is 2.40. The molecular formula is C12H20O3. The van der Waals surface area contributed by atoms with Crippen LogP contribution in [0.5, 0.6) is 0 Å². The van der Waals surface area contributed by atoms with Crippen LogP contribution < -0.4 is 0 Å². The molecule has 2 rings (SSSR count). The fraction of sp³-hybridized carbons (Fsp3) is 0.917. The minimum atomic E-state index is -0.786. The van der Waals surface area contributed by atoms with E-state index in [0.717, 1.165) is 12.8 Å². The third-order valence-corrected chi connectivity index (χ3v) is 5.36. The van der Waals surface area contributed by atoms with Gasteiger partial charge in [-0.2, -0.15) is 0 Å². The molecule has 4 unspecified atom stereocenters. The summed E-state index contributed by atoms with van der Waals surface area (Å²) in [6, 6.07) is 0. The van der Waals surface area contributed by atoms with E-state index in [0.29, 0.717) is 5.92 Å². The van der Waals surface area contributed by atoms with Crippen molar-refractivity contribution in [3.63, 3.8) is 0 Å². The van der Waals surface area contributed by atoms with E-state index in [4.69, 9.17) is 5.11 Å². The number of carbonyl (C=O) groups is 1. The standard InChI is InChI=1S/C12H20O3/c1-11(2)8-4-5-12(11,3)10(15)7(8)6-9(13)14/h7-8,10,15H,4-6H2,1-3H3,(H,13,14). The molecule has 86 valence electrons. The van der Waals surface area contributed by atoms with Gasteiger partial charge < -0.3 is 10.2 Å². The number of carboxylic acid groups (broad SMARTS) is 1. The van der Waals surface area contributed by atoms with E-state index in [1.165, 1.54) is 0 Å². The molecule has 2 bridgehead atoms. The molecule has 2 saturated carbocycles. The van der Waals surface area contributed by atoms with Crippen molar-refractivity contribution in [2.75, 3.05) is 0 Å². The average molecular weight is 212 g/mol. The molecule has 0 aromatic carbocycles. The van der Waals surface area contributed by atoms with Crippen molar-refractivity contribution < 1.29 is 15.0 Å². The SMILES string of the molecule is CC1(C)C2CCC1(C)C(O)C2CC(=O)O. The normalized spacial score (nSPS) is 47.1. The molecule has 0 aromatic heterocycles. The molecular weight excluding hydrogens is 192 g/mol. The smallest absolute Gasteiger partial charge is 0.303 e. The highest BCUT2D eigenvalue weighted by Gasteiger charge is 2.65. The lowest BCUT2D eigenvalue weighted by Gasteiger charge is -2.37. The van der Waals surface area contributed by atoms with Gasteiger partial charge in [-0.1, -0.05) is 20.8 Å². The first-order valence-corrected chi connectivity index (χ1v) is 5.70. The largest absolute Gasteiger partial charge is 0.481 e. The summed E-state index contributed by atoms with van der Waals surface area (Å²) in [6.45, 7) is 6.46. The second-order valence-corrected chi connectivity index (χ2v) is 5.99. The maximum atomic E-state index is 10.8. The minimum Gasteiger partial charge on any atom is -0.481 e. The Bertz CT molecular complexity index is 297. The Morgan fingerprint density at radius 3 is 2.40 bits per heavy atom. The molecule has 3 nitrogen and oxygen atoms in total. The minimum absolute atomic E-state index is 0.0451. The zero-order valence-electron chi connectivity index (χ0n) is 9.66. The lowest BCUT2D eigenvalue weighted by atomic mass is 9.70. The van der Waals surface area contributed by atoms with Crippen molar-refractivity contribution in [1.29, 1.82) is 0 Å². The summed E-state index contributed by atoms with van der Waals surface area (Å²) in [7, 11) is 0. The lowest BCUT2D eigenvalue weighted by molar-refractivity contribution is -0.140. The van der Waals surface area contributed by atoms with Crippen LogP contribution in [-0.4, -0.2) is 22.3 Å². The first-order chi connectivity index (χ1) is 6.80. The van der Waals surface area contributed by atoms with Crippen LogP contribution in [0.3, 0.4) is 0 Å². The predicted octanol–water partition coefficient (Wildman–Crippen LogP) is 1.89. The Kier molecular flexibility index (Phi) is 2.16. The molecule has 0 aliphatic heterocycles. The number of fused-ring (bicyclic) bond motifs is 2. The highest BCUT2D eigenvalue weighted by Crippen LogP contribution is 2.68. The van der Waals surface area contributed by atoms with E-state index < -0.39 is 12.1 Å². The summed E-state index contributed by atoms with van der Waals surface area (Å²) in [5.41, 5.74) is -0.00961. The zero-order valence-corrected chi connectivity index (χ0v) is 9.66. The van der Waals surface area contributed by atoms with E-state index in [9.17, 15) is 9.90 Å². The van der Waals surface area contributed by atoms with Crippen molar-refractivity contribution in [3.8, 4) is 0 Å². The van der Waals surface area contributed by atoms with Gasteiger partial charge in [0.25, 0.3) is 0 Å². The van der Waals surface area contributed by atoms with Crippen LogP contribution in [0.4, 0.5) is 0 Å². The number of hydrogen-bond acceptors (Lipinski definition) is 2. The molecule has 2 N–H and O–H groups in total. The number of rotatable bonds is 2. The van der Waals surface area contributed by atoms with Crippen molar-refractivity contribution >= 4 is 5.97 Å².